The van der Waals surface area contributed by atoms with Gasteiger partial charge in [0, 0.05) is 25.6 Å². The summed E-state index contributed by atoms with van der Waals surface area (Å²) in [5.74, 6) is 2.42. The lowest BCUT2D eigenvalue weighted by Crippen LogP contribution is -2.49. The predicted octanol–water partition coefficient (Wildman–Crippen LogP) is 3.62. The van der Waals surface area contributed by atoms with Crippen molar-refractivity contribution in [2.24, 2.45) is 23.5 Å². The summed E-state index contributed by atoms with van der Waals surface area (Å²) in [6.45, 7) is 3.30. The molecule has 140 valence electrons. The van der Waals surface area contributed by atoms with Crippen molar-refractivity contribution in [3.8, 4) is 5.75 Å². The van der Waals surface area contributed by atoms with Gasteiger partial charge >= 0.3 is 0 Å². The third-order valence-corrected chi connectivity index (χ3v) is 5.79. The molecule has 5 heteroatoms. The minimum absolute atomic E-state index is 0. The second-order valence-corrected chi connectivity index (χ2v) is 7.47. The van der Waals surface area contributed by atoms with E-state index < -0.39 is 0 Å². The summed E-state index contributed by atoms with van der Waals surface area (Å²) in [5.41, 5.74) is 7.49. The van der Waals surface area contributed by atoms with Gasteiger partial charge in [-0.2, -0.15) is 0 Å². The van der Waals surface area contributed by atoms with Crippen molar-refractivity contribution in [3.63, 3.8) is 0 Å². The summed E-state index contributed by atoms with van der Waals surface area (Å²) in [6.07, 6.45) is 5.63. The number of benzene rings is 1. The third-order valence-electron chi connectivity index (χ3n) is 5.79. The van der Waals surface area contributed by atoms with Crippen LogP contribution in [0.2, 0.25) is 0 Å². The molecule has 2 unspecified atom stereocenters. The van der Waals surface area contributed by atoms with Crippen molar-refractivity contribution in [3.05, 3.63) is 29.8 Å². The zero-order valence-electron chi connectivity index (χ0n) is 15.3. The van der Waals surface area contributed by atoms with Crippen LogP contribution in [0.3, 0.4) is 0 Å². The van der Waals surface area contributed by atoms with Crippen LogP contribution in [0.15, 0.2) is 24.3 Å². The molecular formula is C20H31ClN2O2. The molecule has 4 nitrogen and oxygen atoms in total. The number of fused-ring (bicyclic) bond motifs is 2. The maximum atomic E-state index is 12.9. The van der Waals surface area contributed by atoms with E-state index in [1.807, 2.05) is 43.1 Å². The summed E-state index contributed by atoms with van der Waals surface area (Å²) in [6, 6.07) is 8.35. The van der Waals surface area contributed by atoms with Crippen LogP contribution in [0.1, 0.15) is 44.6 Å². The van der Waals surface area contributed by atoms with Crippen molar-refractivity contribution in [1.29, 1.82) is 0 Å². The van der Waals surface area contributed by atoms with Gasteiger partial charge in [0.1, 0.15) is 5.75 Å². The van der Waals surface area contributed by atoms with Gasteiger partial charge in [-0.25, -0.2) is 0 Å². The highest BCUT2D eigenvalue weighted by Crippen LogP contribution is 2.42. The molecule has 0 aromatic heterocycles. The van der Waals surface area contributed by atoms with Crippen LogP contribution in [0, 0.1) is 17.8 Å². The van der Waals surface area contributed by atoms with E-state index in [1.54, 1.807) is 0 Å². The van der Waals surface area contributed by atoms with Gasteiger partial charge in [0.15, 0.2) is 0 Å². The van der Waals surface area contributed by atoms with Crippen LogP contribution in [0.4, 0.5) is 0 Å². The number of amides is 1. The molecule has 0 aliphatic heterocycles. The Bertz CT molecular complexity index is 549. The number of ether oxygens (including phenoxy) is 1. The lowest BCUT2D eigenvalue weighted by molar-refractivity contribution is -0.137. The predicted molar refractivity (Wildman–Crippen MR) is 103 cm³/mol. The van der Waals surface area contributed by atoms with E-state index in [1.165, 1.54) is 19.3 Å². The Labute approximate surface area is 157 Å². The maximum Gasteiger partial charge on any atom is 0.225 e. The standard InChI is InChI=1S/C20H30N2O2.ClH/c1-3-24-18-9-7-14(8-10-18)13-22(2)20(23)17-11-15-5-4-6-16(12-17)19(15)21;/h7-10,15-17,19H,3-6,11-13,21H2,1-2H3;1H. The smallest absolute Gasteiger partial charge is 0.225 e. The number of nitrogens with zero attached hydrogens (tertiary/aromatic N) is 1. The molecular weight excluding hydrogens is 336 g/mol. The number of carbonyl (C=O) groups is 1. The first kappa shape index (κ1) is 20.1. The molecule has 25 heavy (non-hydrogen) atoms. The highest BCUT2D eigenvalue weighted by Gasteiger charge is 2.41. The van der Waals surface area contributed by atoms with E-state index in [2.05, 4.69) is 0 Å². The summed E-state index contributed by atoms with van der Waals surface area (Å²) in [4.78, 5) is 14.8. The fourth-order valence-electron chi connectivity index (χ4n) is 4.51. The van der Waals surface area contributed by atoms with Crippen LogP contribution in [-0.2, 0) is 11.3 Å². The molecule has 2 aliphatic rings. The fraction of sp³-hybridized carbons (Fsp3) is 0.650. The lowest BCUT2D eigenvalue weighted by Gasteiger charge is -2.44. The Morgan fingerprint density at radius 2 is 1.80 bits per heavy atom. The first-order chi connectivity index (χ1) is 11.6. The molecule has 1 aromatic carbocycles. The molecule has 2 fully saturated rings. The van der Waals surface area contributed by atoms with Crippen molar-refractivity contribution in [2.45, 2.75) is 51.6 Å². The van der Waals surface area contributed by atoms with Crippen LogP contribution in [0.25, 0.3) is 0 Å². The first-order valence-corrected chi connectivity index (χ1v) is 9.30. The number of hydrogen-bond donors (Lipinski definition) is 1. The molecule has 0 spiro atoms. The van der Waals surface area contributed by atoms with Crippen LogP contribution < -0.4 is 10.5 Å². The number of nitrogens with two attached hydrogens (primary N) is 1. The average Bonchev–Trinajstić information content (AvgIpc) is 2.56. The Balaban J connectivity index is 0.00000225. The number of rotatable bonds is 5. The Morgan fingerprint density at radius 3 is 2.36 bits per heavy atom. The Hall–Kier alpha value is -1.26. The van der Waals surface area contributed by atoms with Crippen LogP contribution in [0.5, 0.6) is 5.75 Å². The van der Waals surface area contributed by atoms with Gasteiger partial charge in [-0.05, 0) is 62.1 Å². The van der Waals surface area contributed by atoms with Gasteiger partial charge in [-0.3, -0.25) is 4.79 Å². The third kappa shape index (κ3) is 4.68. The average molecular weight is 367 g/mol. The monoisotopic (exact) mass is 366 g/mol. The van der Waals surface area contributed by atoms with Crippen molar-refractivity contribution < 1.29 is 9.53 Å². The fourth-order valence-corrected chi connectivity index (χ4v) is 4.51. The van der Waals surface area contributed by atoms with Gasteiger partial charge in [-0.1, -0.05) is 18.6 Å². The summed E-state index contributed by atoms with van der Waals surface area (Å²) < 4.78 is 5.47. The summed E-state index contributed by atoms with van der Waals surface area (Å²) in [5, 5.41) is 0. The Kier molecular flexibility index (Phi) is 7.14. The van der Waals surface area contributed by atoms with Gasteiger partial charge in [0.25, 0.3) is 0 Å². The molecule has 0 heterocycles. The normalized spacial score (nSPS) is 28.0. The molecule has 3 rings (SSSR count). The summed E-state index contributed by atoms with van der Waals surface area (Å²) >= 11 is 0. The van der Waals surface area contributed by atoms with Crippen molar-refractivity contribution in [2.75, 3.05) is 13.7 Å². The molecule has 0 radical (unpaired) electrons. The van der Waals surface area contributed by atoms with E-state index in [9.17, 15) is 4.79 Å². The van der Waals surface area contributed by atoms with Gasteiger partial charge in [0.05, 0.1) is 6.61 Å². The minimum atomic E-state index is 0. The topological polar surface area (TPSA) is 55.6 Å². The van der Waals surface area contributed by atoms with Crippen LogP contribution >= 0.6 is 12.4 Å². The largest absolute Gasteiger partial charge is 0.494 e. The molecule has 1 aromatic rings. The quantitative estimate of drug-likeness (QED) is 0.865. The number of hydrogen-bond acceptors (Lipinski definition) is 3. The van der Waals surface area contributed by atoms with E-state index in [-0.39, 0.29) is 24.2 Å². The van der Waals surface area contributed by atoms with E-state index in [0.29, 0.717) is 31.0 Å². The van der Waals surface area contributed by atoms with Gasteiger partial charge < -0.3 is 15.4 Å². The van der Waals surface area contributed by atoms with Crippen molar-refractivity contribution >= 4 is 18.3 Å². The Morgan fingerprint density at radius 1 is 1.20 bits per heavy atom. The van der Waals surface area contributed by atoms with Crippen molar-refractivity contribution in [1.82, 2.24) is 4.90 Å². The molecule has 0 saturated heterocycles. The van der Waals surface area contributed by atoms with Gasteiger partial charge in [0.2, 0.25) is 5.91 Å². The second kappa shape index (κ2) is 8.91. The van der Waals surface area contributed by atoms with E-state index >= 15 is 0 Å². The zero-order valence-corrected chi connectivity index (χ0v) is 16.1. The zero-order chi connectivity index (χ0) is 17.1. The molecule has 2 N–H and O–H groups in total. The summed E-state index contributed by atoms with van der Waals surface area (Å²) in [7, 11) is 1.92. The van der Waals surface area contributed by atoms with Gasteiger partial charge in [-0.15, -0.1) is 12.4 Å². The SMILES string of the molecule is CCOc1ccc(CN(C)C(=O)C2CC3CCCC(C2)C3N)cc1.Cl. The molecule has 2 atom stereocenters. The number of halogens is 1. The molecule has 2 bridgehead atoms. The highest BCUT2D eigenvalue weighted by atomic mass is 35.5. The maximum absolute atomic E-state index is 12.9. The molecule has 2 aliphatic carbocycles. The minimum Gasteiger partial charge on any atom is -0.494 e. The second-order valence-electron chi connectivity index (χ2n) is 7.47. The molecule has 1 amide bonds. The van der Waals surface area contributed by atoms with Crippen LogP contribution in [-0.4, -0.2) is 30.5 Å². The molecule has 2 saturated carbocycles. The first-order valence-electron chi connectivity index (χ1n) is 9.30. The highest BCUT2D eigenvalue weighted by molar-refractivity contribution is 5.85. The number of carbonyl (C=O) groups excluding carboxylic acids is 1. The van der Waals surface area contributed by atoms with E-state index in [0.717, 1.165) is 24.2 Å². The van der Waals surface area contributed by atoms with E-state index in [4.69, 9.17) is 10.5 Å². The lowest BCUT2D eigenvalue weighted by atomic mass is 9.65.